The molecule has 4 aliphatic rings. The van der Waals surface area contributed by atoms with Crippen LogP contribution in [0, 0.1) is 18.8 Å². The minimum atomic E-state index is -2.12. The molecule has 2 saturated carbocycles. The predicted octanol–water partition coefficient (Wildman–Crippen LogP) is 7.84. The van der Waals surface area contributed by atoms with Crippen LogP contribution in [0.15, 0.2) is 48.5 Å². The minimum Gasteiger partial charge on any atom is -0.346 e. The fraction of sp³-hybridized carbons (Fsp3) is 0.613. The van der Waals surface area contributed by atoms with Crippen molar-refractivity contribution >= 4 is 11.4 Å². The lowest BCUT2D eigenvalue weighted by molar-refractivity contribution is 0.0795. The van der Waals surface area contributed by atoms with Gasteiger partial charge in [0, 0.05) is 26.9 Å². The average Bonchev–Trinajstić information content (AvgIpc) is 3.36. The Kier molecular flexibility index (Phi) is 4.66. The number of rotatable bonds is 3. The van der Waals surface area contributed by atoms with E-state index in [4.69, 9.17) is 4.11 Å². The predicted molar refractivity (Wildman–Crippen MR) is 140 cm³/mol. The van der Waals surface area contributed by atoms with Gasteiger partial charge in [-0.15, -0.1) is 0 Å². The van der Waals surface area contributed by atoms with Crippen molar-refractivity contribution < 1.29 is 4.11 Å². The Morgan fingerprint density at radius 3 is 1.94 bits per heavy atom. The van der Waals surface area contributed by atoms with Gasteiger partial charge in [-0.05, 0) is 81.5 Å². The van der Waals surface area contributed by atoms with Crippen LogP contribution in [0.4, 0.5) is 11.4 Å². The second kappa shape index (κ2) is 8.36. The van der Waals surface area contributed by atoms with Crippen molar-refractivity contribution in [2.75, 3.05) is 9.80 Å². The topological polar surface area (TPSA) is 6.48 Å². The van der Waals surface area contributed by atoms with Gasteiger partial charge in [-0.3, -0.25) is 0 Å². The zero-order chi connectivity index (χ0) is 25.1. The van der Waals surface area contributed by atoms with Crippen molar-refractivity contribution in [3.63, 3.8) is 0 Å². The van der Waals surface area contributed by atoms with Crippen molar-refractivity contribution in [1.82, 2.24) is 0 Å². The first-order valence-corrected chi connectivity index (χ1v) is 13.6. The summed E-state index contributed by atoms with van der Waals surface area (Å²) in [5.74, 6) is 1.25. The second-order valence-corrected chi connectivity index (χ2v) is 11.3. The van der Waals surface area contributed by atoms with Crippen LogP contribution in [0.5, 0.6) is 0 Å². The van der Waals surface area contributed by atoms with E-state index >= 15 is 0 Å². The molecule has 3 fully saturated rings. The largest absolute Gasteiger partial charge is 0.346 e. The Balaban J connectivity index is 1.60. The highest BCUT2D eigenvalue weighted by molar-refractivity contribution is 5.72. The third kappa shape index (κ3) is 3.05. The van der Waals surface area contributed by atoms with Gasteiger partial charge < -0.3 is 9.80 Å². The van der Waals surface area contributed by atoms with Gasteiger partial charge in [-0.25, -0.2) is 0 Å². The van der Waals surface area contributed by atoms with Crippen molar-refractivity contribution in [3.8, 4) is 0 Å². The number of nitrogens with zero attached hydrogens (tertiary/aromatic N) is 2. The van der Waals surface area contributed by atoms with Gasteiger partial charge in [0.1, 0.15) is 0 Å². The lowest BCUT2D eigenvalue weighted by atomic mass is 9.53. The fourth-order valence-electron chi connectivity index (χ4n) is 8.65. The Bertz CT molecular complexity index is 1070. The molecular formula is C31H42N2. The molecule has 2 heteroatoms. The summed E-state index contributed by atoms with van der Waals surface area (Å²) in [5, 5.41) is 0. The molecule has 2 aromatic carbocycles. The first kappa shape index (κ1) is 18.4. The van der Waals surface area contributed by atoms with Gasteiger partial charge in [-0.1, -0.05) is 74.9 Å². The summed E-state index contributed by atoms with van der Waals surface area (Å²) in [6.07, 6.45) is 12.4. The fourth-order valence-corrected chi connectivity index (χ4v) is 8.65. The van der Waals surface area contributed by atoms with Crippen LogP contribution in [0.25, 0.3) is 0 Å². The number of hydrogen-bond acceptors (Lipinski definition) is 2. The number of benzene rings is 2. The van der Waals surface area contributed by atoms with Gasteiger partial charge >= 0.3 is 0 Å². The van der Waals surface area contributed by atoms with Crippen LogP contribution in [0.2, 0.25) is 0 Å². The van der Waals surface area contributed by atoms with E-state index in [-0.39, 0.29) is 17.5 Å². The molecule has 2 heterocycles. The van der Waals surface area contributed by atoms with E-state index in [1.54, 1.807) is 0 Å². The van der Waals surface area contributed by atoms with Crippen molar-refractivity contribution in [2.24, 2.45) is 11.8 Å². The lowest BCUT2D eigenvalue weighted by Crippen LogP contribution is -2.57. The maximum atomic E-state index is 8.83. The number of anilines is 2. The molecule has 0 amide bonds. The number of aryl methyl sites for hydroxylation is 1. The van der Waals surface area contributed by atoms with E-state index in [2.05, 4.69) is 72.2 Å². The van der Waals surface area contributed by atoms with E-state index in [0.29, 0.717) is 11.8 Å². The van der Waals surface area contributed by atoms with Gasteiger partial charge in [0.2, 0.25) is 0 Å². The second-order valence-electron chi connectivity index (χ2n) is 11.3. The highest BCUT2D eigenvalue weighted by Crippen LogP contribution is 2.63. The third-order valence-corrected chi connectivity index (χ3v) is 9.82. The highest BCUT2D eigenvalue weighted by atomic mass is 15.5. The van der Waals surface area contributed by atoms with E-state index in [1.165, 1.54) is 75.5 Å². The molecule has 0 N–H and O–H groups in total. The molecule has 0 aromatic heterocycles. The van der Waals surface area contributed by atoms with Gasteiger partial charge in [0.05, 0.1) is 12.2 Å². The van der Waals surface area contributed by atoms with Crippen LogP contribution < -0.4 is 9.80 Å². The van der Waals surface area contributed by atoms with E-state index in [1.807, 2.05) is 0 Å². The number of fused-ring (bicyclic) bond motifs is 3. The molecule has 2 aromatic rings. The Labute approximate surface area is 205 Å². The van der Waals surface area contributed by atoms with Gasteiger partial charge in [0.25, 0.3) is 0 Å². The van der Waals surface area contributed by atoms with Crippen molar-refractivity contribution in [1.29, 1.82) is 0 Å². The SMILES string of the molecule is [2H]C([2H])([2H])C1N2c3ccccc3C(C3CCCCC3)(C3CCCCC3)C2[C@H](C)N1c1ccccc1C. The molecule has 0 bridgehead atoms. The Hall–Kier alpha value is -1.96. The number of para-hydroxylation sites is 2. The summed E-state index contributed by atoms with van der Waals surface area (Å²) in [6.45, 7) is 2.35. The standard InChI is InChI=1S/C31H42N2/c1-22-14-10-12-20-28(22)32-23(2)30-31(25-15-6-4-7-16-25,26-17-8-5-9-18-26)27-19-11-13-21-29(27)33(30)24(32)3/h10-14,19-21,23-26,30H,4-9,15-18H2,1-3H3/t23-,24?,30?/m0/s1/i3D3. The molecule has 33 heavy (non-hydrogen) atoms. The van der Waals surface area contributed by atoms with Crippen LogP contribution in [-0.2, 0) is 5.41 Å². The van der Waals surface area contributed by atoms with Crippen LogP contribution in [0.3, 0.4) is 0 Å². The Morgan fingerprint density at radius 2 is 1.33 bits per heavy atom. The molecule has 176 valence electrons. The number of hydrogen-bond donors (Lipinski definition) is 0. The van der Waals surface area contributed by atoms with E-state index in [0.717, 1.165) is 11.3 Å². The van der Waals surface area contributed by atoms with Gasteiger partial charge in [-0.2, -0.15) is 0 Å². The summed E-state index contributed by atoms with van der Waals surface area (Å²) >= 11 is 0. The zero-order valence-corrected chi connectivity index (χ0v) is 20.5. The van der Waals surface area contributed by atoms with Crippen LogP contribution in [-0.4, -0.2) is 18.2 Å². The van der Waals surface area contributed by atoms with E-state index in [9.17, 15) is 0 Å². The van der Waals surface area contributed by atoms with E-state index < -0.39 is 13.0 Å². The highest BCUT2D eigenvalue weighted by Gasteiger charge is 2.64. The normalized spacial score (nSPS) is 31.6. The van der Waals surface area contributed by atoms with Crippen LogP contribution >= 0.6 is 0 Å². The summed E-state index contributed by atoms with van der Waals surface area (Å²) in [5.41, 5.74) is 4.94. The van der Waals surface area contributed by atoms with Crippen LogP contribution in [0.1, 0.15) is 93.2 Å². The van der Waals surface area contributed by atoms with Crippen molar-refractivity contribution in [3.05, 3.63) is 59.7 Å². The first-order chi connectivity index (χ1) is 17.4. The van der Waals surface area contributed by atoms with Gasteiger partial charge in [0.15, 0.2) is 0 Å². The quantitative estimate of drug-likeness (QED) is 0.475. The molecular weight excluding hydrogens is 400 g/mol. The summed E-state index contributed by atoms with van der Waals surface area (Å²) in [4.78, 5) is 4.70. The zero-order valence-electron chi connectivity index (χ0n) is 23.5. The molecule has 2 unspecified atom stereocenters. The molecule has 3 atom stereocenters. The third-order valence-electron chi connectivity index (χ3n) is 9.82. The summed E-state index contributed by atoms with van der Waals surface area (Å²) in [7, 11) is 0. The lowest BCUT2D eigenvalue weighted by Gasteiger charge is -2.52. The molecule has 6 rings (SSSR count). The first-order valence-electron chi connectivity index (χ1n) is 15.1. The molecule has 2 aliphatic heterocycles. The maximum absolute atomic E-state index is 8.83. The minimum absolute atomic E-state index is 0.0256. The summed E-state index contributed by atoms with van der Waals surface area (Å²) in [6, 6.07) is 17.7. The average molecular weight is 446 g/mol. The Morgan fingerprint density at radius 1 is 0.758 bits per heavy atom. The monoisotopic (exact) mass is 445 g/mol. The molecule has 1 saturated heterocycles. The smallest absolute Gasteiger partial charge is 0.0994 e. The molecule has 0 spiro atoms. The summed E-state index contributed by atoms with van der Waals surface area (Å²) < 4.78 is 26.5. The molecule has 2 nitrogen and oxygen atoms in total. The maximum Gasteiger partial charge on any atom is 0.0994 e. The molecule has 0 radical (unpaired) electrons. The van der Waals surface area contributed by atoms with Crippen molar-refractivity contribution in [2.45, 2.75) is 109 Å². The molecule has 2 aliphatic carbocycles.